The molecule has 1 aliphatic carbocycles. The Bertz CT molecular complexity index is 767. The van der Waals surface area contributed by atoms with Crippen molar-refractivity contribution < 1.29 is 4.79 Å². The van der Waals surface area contributed by atoms with Crippen LogP contribution in [0.3, 0.4) is 0 Å². The first-order chi connectivity index (χ1) is 10.6. The van der Waals surface area contributed by atoms with Crippen LogP contribution in [0, 0.1) is 13.8 Å². The molecule has 1 saturated carbocycles. The van der Waals surface area contributed by atoms with Crippen LogP contribution in [0.5, 0.6) is 0 Å². The zero-order chi connectivity index (χ0) is 15.7. The fourth-order valence-electron chi connectivity index (χ4n) is 3.41. The number of hydrogen-bond acceptors (Lipinski definition) is 2. The Hall–Kier alpha value is -2.16. The highest BCUT2D eigenvalue weighted by Crippen LogP contribution is 2.33. The van der Waals surface area contributed by atoms with E-state index in [0.717, 1.165) is 42.5 Å². The molecular weight excluding hydrogens is 274 g/mol. The number of nitrogens with zero attached hydrogens (tertiary/aromatic N) is 1. The third kappa shape index (κ3) is 2.52. The first kappa shape index (κ1) is 14.8. The maximum atomic E-state index is 12.7. The number of benzene rings is 1. The number of rotatable bonds is 3. The minimum absolute atomic E-state index is 0.152. The molecule has 1 aromatic carbocycles. The fourth-order valence-corrected chi connectivity index (χ4v) is 3.41. The third-order valence-electron chi connectivity index (χ3n) is 4.63. The zero-order valence-electron chi connectivity index (χ0n) is 13.1. The molecule has 0 atom stereocenters. The maximum absolute atomic E-state index is 12.7. The molecule has 0 aliphatic heterocycles. The molecule has 3 rings (SSSR count). The van der Waals surface area contributed by atoms with Gasteiger partial charge in [-0.25, -0.2) is 0 Å². The number of pyridine rings is 1. The molecular formula is C19H21NO2. The molecule has 3 heteroatoms. The molecule has 0 N–H and O–H groups in total. The largest absolute Gasteiger partial charge is 0.305 e. The van der Waals surface area contributed by atoms with Crippen LogP contribution in [-0.2, 0) is 0 Å². The number of carbonyl (C=O) groups excluding carboxylic acids is 1. The van der Waals surface area contributed by atoms with Crippen molar-refractivity contribution in [3.05, 3.63) is 57.4 Å². The Morgan fingerprint density at radius 3 is 2.50 bits per heavy atom. The summed E-state index contributed by atoms with van der Waals surface area (Å²) in [6, 6.07) is 10.1. The first-order valence-corrected chi connectivity index (χ1v) is 7.90. The van der Waals surface area contributed by atoms with E-state index in [4.69, 9.17) is 0 Å². The monoisotopic (exact) mass is 295 g/mol. The number of aromatic nitrogens is 1. The van der Waals surface area contributed by atoms with Crippen molar-refractivity contribution in [1.82, 2.24) is 4.57 Å². The van der Waals surface area contributed by atoms with Crippen LogP contribution in [0.1, 0.15) is 53.2 Å². The van der Waals surface area contributed by atoms with Gasteiger partial charge in [0.15, 0.2) is 6.29 Å². The number of carbonyl (C=O) groups is 1. The molecule has 0 amide bonds. The Balaban J connectivity index is 2.27. The Morgan fingerprint density at radius 2 is 1.82 bits per heavy atom. The van der Waals surface area contributed by atoms with Gasteiger partial charge in [0, 0.05) is 11.6 Å². The van der Waals surface area contributed by atoms with Gasteiger partial charge in [-0.05, 0) is 50.5 Å². The van der Waals surface area contributed by atoms with E-state index < -0.39 is 0 Å². The number of aryl methyl sites for hydroxylation is 2. The van der Waals surface area contributed by atoms with Crippen LogP contribution in [-0.4, -0.2) is 10.9 Å². The Labute approximate surface area is 130 Å². The van der Waals surface area contributed by atoms with Crippen LogP contribution in [0.4, 0.5) is 0 Å². The van der Waals surface area contributed by atoms with Crippen molar-refractivity contribution in [1.29, 1.82) is 0 Å². The maximum Gasteiger partial charge on any atom is 0.261 e. The van der Waals surface area contributed by atoms with Crippen molar-refractivity contribution >= 4 is 6.29 Å². The van der Waals surface area contributed by atoms with E-state index in [9.17, 15) is 9.59 Å². The lowest BCUT2D eigenvalue weighted by molar-refractivity contribution is 0.112. The summed E-state index contributed by atoms with van der Waals surface area (Å²) in [5.74, 6) is 0. The second kappa shape index (κ2) is 5.91. The topological polar surface area (TPSA) is 39.1 Å². The average Bonchev–Trinajstić information content (AvgIpc) is 3.03. The average molecular weight is 295 g/mol. The molecule has 1 aromatic heterocycles. The zero-order valence-corrected chi connectivity index (χ0v) is 13.1. The van der Waals surface area contributed by atoms with Crippen molar-refractivity contribution in [2.24, 2.45) is 0 Å². The summed E-state index contributed by atoms with van der Waals surface area (Å²) < 4.78 is 1.86. The molecule has 114 valence electrons. The SMILES string of the molecule is Cc1ccc(C)c(-c2ccc(C=O)c(=O)n2C2CCCC2)c1. The minimum Gasteiger partial charge on any atom is -0.305 e. The molecule has 0 saturated heterocycles. The number of aldehydes is 1. The summed E-state index contributed by atoms with van der Waals surface area (Å²) in [5.41, 5.74) is 4.44. The summed E-state index contributed by atoms with van der Waals surface area (Å²) in [6.07, 6.45) is 4.99. The van der Waals surface area contributed by atoms with Gasteiger partial charge < -0.3 is 4.57 Å². The molecule has 0 radical (unpaired) electrons. The molecule has 3 nitrogen and oxygen atoms in total. The van der Waals surface area contributed by atoms with Gasteiger partial charge in [-0.15, -0.1) is 0 Å². The van der Waals surface area contributed by atoms with E-state index >= 15 is 0 Å². The molecule has 0 bridgehead atoms. The standard InChI is InChI=1S/C19H21NO2/c1-13-7-8-14(2)17(11-13)18-10-9-15(12-21)19(22)20(18)16-5-3-4-6-16/h7-12,16H,3-6H2,1-2H3. The van der Waals surface area contributed by atoms with Gasteiger partial charge in [0.2, 0.25) is 0 Å². The lowest BCUT2D eigenvalue weighted by Crippen LogP contribution is -2.27. The summed E-state index contributed by atoms with van der Waals surface area (Å²) in [5, 5.41) is 0. The van der Waals surface area contributed by atoms with Crippen LogP contribution < -0.4 is 5.56 Å². The molecule has 0 unspecified atom stereocenters. The molecule has 1 fully saturated rings. The van der Waals surface area contributed by atoms with Gasteiger partial charge >= 0.3 is 0 Å². The summed E-state index contributed by atoms with van der Waals surface area (Å²) in [4.78, 5) is 23.9. The van der Waals surface area contributed by atoms with Gasteiger partial charge in [-0.1, -0.05) is 30.5 Å². The van der Waals surface area contributed by atoms with E-state index in [-0.39, 0.29) is 17.2 Å². The lowest BCUT2D eigenvalue weighted by atomic mass is 10.0. The Kier molecular flexibility index (Phi) is 3.97. The summed E-state index contributed by atoms with van der Waals surface area (Å²) in [6.45, 7) is 4.12. The predicted octanol–water partition coefficient (Wildman–Crippen LogP) is 4.06. The second-order valence-corrected chi connectivity index (χ2v) is 6.22. The van der Waals surface area contributed by atoms with Crippen molar-refractivity contribution in [2.75, 3.05) is 0 Å². The highest BCUT2D eigenvalue weighted by Gasteiger charge is 2.22. The molecule has 1 aliphatic rings. The van der Waals surface area contributed by atoms with Gasteiger partial charge in [-0.3, -0.25) is 9.59 Å². The number of hydrogen-bond donors (Lipinski definition) is 0. The van der Waals surface area contributed by atoms with E-state index in [1.54, 1.807) is 6.07 Å². The van der Waals surface area contributed by atoms with Crippen molar-refractivity contribution in [3.63, 3.8) is 0 Å². The van der Waals surface area contributed by atoms with Gasteiger partial charge in [0.1, 0.15) is 0 Å². The lowest BCUT2D eigenvalue weighted by Gasteiger charge is -2.21. The minimum atomic E-state index is -0.152. The fraction of sp³-hybridized carbons (Fsp3) is 0.368. The molecule has 0 spiro atoms. The molecule has 1 heterocycles. The van der Waals surface area contributed by atoms with E-state index in [1.807, 2.05) is 10.6 Å². The van der Waals surface area contributed by atoms with Crippen LogP contribution in [0.25, 0.3) is 11.3 Å². The second-order valence-electron chi connectivity index (χ2n) is 6.22. The quantitative estimate of drug-likeness (QED) is 0.801. The van der Waals surface area contributed by atoms with E-state index in [0.29, 0.717) is 6.29 Å². The van der Waals surface area contributed by atoms with Crippen molar-refractivity contribution in [2.45, 2.75) is 45.6 Å². The highest BCUT2D eigenvalue weighted by molar-refractivity contribution is 5.76. The van der Waals surface area contributed by atoms with Crippen LogP contribution >= 0.6 is 0 Å². The van der Waals surface area contributed by atoms with Crippen LogP contribution in [0.15, 0.2) is 35.1 Å². The van der Waals surface area contributed by atoms with Gasteiger partial charge in [0.25, 0.3) is 5.56 Å². The van der Waals surface area contributed by atoms with Gasteiger partial charge in [-0.2, -0.15) is 0 Å². The molecule has 2 aromatic rings. The normalized spacial score (nSPS) is 15.2. The smallest absolute Gasteiger partial charge is 0.261 e. The van der Waals surface area contributed by atoms with E-state index in [1.165, 1.54) is 5.56 Å². The first-order valence-electron chi connectivity index (χ1n) is 7.90. The van der Waals surface area contributed by atoms with E-state index in [2.05, 4.69) is 32.0 Å². The third-order valence-corrected chi connectivity index (χ3v) is 4.63. The molecule has 22 heavy (non-hydrogen) atoms. The Morgan fingerprint density at radius 1 is 1.09 bits per heavy atom. The van der Waals surface area contributed by atoms with Gasteiger partial charge in [0.05, 0.1) is 11.3 Å². The van der Waals surface area contributed by atoms with Crippen LogP contribution in [0.2, 0.25) is 0 Å². The van der Waals surface area contributed by atoms with Crippen molar-refractivity contribution in [3.8, 4) is 11.3 Å². The summed E-state index contributed by atoms with van der Waals surface area (Å²) in [7, 11) is 0. The summed E-state index contributed by atoms with van der Waals surface area (Å²) >= 11 is 0. The predicted molar refractivity (Wildman–Crippen MR) is 88.5 cm³/mol. The highest BCUT2D eigenvalue weighted by atomic mass is 16.1.